The Morgan fingerprint density at radius 3 is 2.67 bits per heavy atom. The van der Waals surface area contributed by atoms with Crippen LogP contribution in [0.3, 0.4) is 0 Å². The second kappa shape index (κ2) is 4.44. The Morgan fingerprint density at radius 1 is 1.22 bits per heavy atom. The van der Waals surface area contributed by atoms with Crippen LogP contribution in [-0.2, 0) is 0 Å². The fraction of sp³-hybridized carbons (Fsp3) is 0.462. The predicted molar refractivity (Wildman–Crippen MR) is 73.5 cm³/mol. The van der Waals surface area contributed by atoms with Gasteiger partial charge in [0.2, 0.25) is 0 Å². The number of piperazine rings is 1. The van der Waals surface area contributed by atoms with Gasteiger partial charge in [-0.1, -0.05) is 11.6 Å². The summed E-state index contributed by atoms with van der Waals surface area (Å²) < 4.78 is 5.87. The molecule has 1 aliphatic heterocycles. The summed E-state index contributed by atoms with van der Waals surface area (Å²) in [6.45, 7) is 5.98. The van der Waals surface area contributed by atoms with Gasteiger partial charge in [-0.05, 0) is 31.7 Å². The third kappa shape index (κ3) is 2.06. The first-order chi connectivity index (χ1) is 8.63. The van der Waals surface area contributed by atoms with Crippen molar-refractivity contribution in [2.45, 2.75) is 6.92 Å². The fourth-order valence-corrected chi connectivity index (χ4v) is 2.55. The van der Waals surface area contributed by atoms with Gasteiger partial charge in [0, 0.05) is 31.2 Å². The van der Waals surface area contributed by atoms with Gasteiger partial charge < -0.3 is 14.2 Å². The van der Waals surface area contributed by atoms with Crippen molar-refractivity contribution in [1.82, 2.24) is 9.88 Å². The van der Waals surface area contributed by atoms with E-state index < -0.39 is 0 Å². The van der Waals surface area contributed by atoms with Crippen molar-refractivity contribution in [2.24, 2.45) is 0 Å². The van der Waals surface area contributed by atoms with Crippen molar-refractivity contribution in [3.05, 3.63) is 22.7 Å². The Balaban J connectivity index is 1.96. The average Bonchev–Trinajstić information content (AvgIpc) is 2.74. The molecule has 0 aliphatic carbocycles. The molecule has 0 radical (unpaired) electrons. The number of anilines is 1. The van der Waals surface area contributed by atoms with E-state index in [1.54, 1.807) is 0 Å². The first kappa shape index (κ1) is 11.8. The second-order valence-electron chi connectivity index (χ2n) is 4.86. The van der Waals surface area contributed by atoms with E-state index in [0.717, 1.165) is 42.8 Å². The highest BCUT2D eigenvalue weighted by Gasteiger charge is 2.19. The number of likely N-dealkylation sites (N-methyl/N-ethyl adjacent to an activating group) is 1. The smallest absolute Gasteiger partial charge is 0.298 e. The number of hydrogen-bond acceptors (Lipinski definition) is 4. The van der Waals surface area contributed by atoms with Gasteiger partial charge in [0.15, 0.2) is 5.58 Å². The lowest BCUT2D eigenvalue weighted by atomic mass is 10.2. The predicted octanol–water partition coefficient (Wildman–Crippen LogP) is 2.54. The average molecular weight is 266 g/mol. The lowest BCUT2D eigenvalue weighted by Gasteiger charge is -2.31. The van der Waals surface area contributed by atoms with Gasteiger partial charge in [0.1, 0.15) is 5.52 Å². The number of rotatable bonds is 1. The minimum Gasteiger partial charge on any atom is -0.423 e. The van der Waals surface area contributed by atoms with E-state index in [4.69, 9.17) is 16.0 Å². The van der Waals surface area contributed by atoms with Crippen molar-refractivity contribution >= 4 is 28.7 Å². The first-order valence-corrected chi connectivity index (χ1v) is 6.51. The topological polar surface area (TPSA) is 32.5 Å². The zero-order valence-corrected chi connectivity index (χ0v) is 11.4. The third-order valence-electron chi connectivity index (χ3n) is 3.40. The molecule has 1 aromatic carbocycles. The van der Waals surface area contributed by atoms with E-state index >= 15 is 0 Å². The van der Waals surface area contributed by atoms with Crippen molar-refractivity contribution in [1.29, 1.82) is 0 Å². The van der Waals surface area contributed by atoms with E-state index in [1.165, 1.54) is 0 Å². The molecule has 0 saturated carbocycles. The molecule has 2 heterocycles. The number of hydrogen-bond donors (Lipinski definition) is 0. The maximum atomic E-state index is 6.04. The van der Waals surface area contributed by atoms with Crippen molar-refractivity contribution in [2.75, 3.05) is 38.1 Å². The third-order valence-corrected chi connectivity index (χ3v) is 3.62. The van der Waals surface area contributed by atoms with Crippen LogP contribution in [0.4, 0.5) is 6.01 Å². The summed E-state index contributed by atoms with van der Waals surface area (Å²) in [6.07, 6.45) is 0. The molecular weight excluding hydrogens is 250 g/mol. The van der Waals surface area contributed by atoms with Crippen molar-refractivity contribution in [3.8, 4) is 0 Å². The van der Waals surface area contributed by atoms with Gasteiger partial charge in [0.05, 0.1) is 0 Å². The van der Waals surface area contributed by atoms with E-state index in [9.17, 15) is 0 Å². The van der Waals surface area contributed by atoms with E-state index in [2.05, 4.69) is 21.8 Å². The van der Waals surface area contributed by atoms with Gasteiger partial charge >= 0.3 is 0 Å². The summed E-state index contributed by atoms with van der Waals surface area (Å²) in [5.74, 6) is 0. The maximum Gasteiger partial charge on any atom is 0.298 e. The Labute approximate surface area is 111 Å². The van der Waals surface area contributed by atoms with Crippen LogP contribution >= 0.6 is 11.6 Å². The molecule has 4 nitrogen and oxygen atoms in total. The molecule has 1 saturated heterocycles. The normalized spacial score (nSPS) is 17.6. The zero-order chi connectivity index (χ0) is 12.7. The molecule has 0 N–H and O–H groups in total. The summed E-state index contributed by atoms with van der Waals surface area (Å²) in [5.41, 5.74) is 2.72. The minimum atomic E-state index is 0.707. The Morgan fingerprint density at radius 2 is 1.94 bits per heavy atom. The summed E-state index contributed by atoms with van der Waals surface area (Å²) in [7, 11) is 2.13. The molecule has 1 fully saturated rings. The molecule has 18 heavy (non-hydrogen) atoms. The Bertz CT molecular complexity index is 573. The van der Waals surface area contributed by atoms with Gasteiger partial charge in [0.25, 0.3) is 6.01 Å². The van der Waals surface area contributed by atoms with Gasteiger partial charge in [-0.3, -0.25) is 0 Å². The molecule has 96 valence electrons. The number of nitrogens with zero attached hydrogens (tertiary/aromatic N) is 3. The highest BCUT2D eigenvalue weighted by Crippen LogP contribution is 2.28. The second-order valence-corrected chi connectivity index (χ2v) is 5.29. The van der Waals surface area contributed by atoms with E-state index in [1.807, 2.05) is 19.1 Å². The standard InChI is InChI=1S/C13H16ClN3O/c1-9-7-10(14)8-11-12(9)18-13(15-11)17-5-3-16(2)4-6-17/h7-8H,3-6H2,1-2H3. The van der Waals surface area contributed by atoms with Crippen LogP contribution in [0.2, 0.25) is 5.02 Å². The lowest BCUT2D eigenvalue weighted by Crippen LogP contribution is -2.44. The molecule has 0 atom stereocenters. The van der Waals surface area contributed by atoms with Crippen LogP contribution < -0.4 is 4.90 Å². The molecule has 1 aliphatic rings. The summed E-state index contributed by atoms with van der Waals surface area (Å²) in [6, 6.07) is 4.47. The van der Waals surface area contributed by atoms with Crippen LogP contribution in [0, 0.1) is 6.92 Å². The lowest BCUT2D eigenvalue weighted by molar-refractivity contribution is 0.305. The Hall–Kier alpha value is -1.26. The van der Waals surface area contributed by atoms with Crippen LogP contribution in [0.1, 0.15) is 5.56 Å². The van der Waals surface area contributed by atoms with Crippen molar-refractivity contribution in [3.63, 3.8) is 0 Å². The first-order valence-electron chi connectivity index (χ1n) is 6.13. The number of oxazole rings is 1. The number of halogens is 1. The summed E-state index contributed by atoms with van der Waals surface area (Å²) in [5, 5.41) is 0.707. The van der Waals surface area contributed by atoms with Gasteiger partial charge in [-0.2, -0.15) is 4.98 Å². The molecule has 0 spiro atoms. The van der Waals surface area contributed by atoms with E-state index in [-0.39, 0.29) is 0 Å². The number of aryl methyl sites for hydroxylation is 1. The van der Waals surface area contributed by atoms with Gasteiger partial charge in [-0.15, -0.1) is 0 Å². The molecule has 1 aromatic heterocycles. The molecule has 5 heteroatoms. The summed E-state index contributed by atoms with van der Waals surface area (Å²) in [4.78, 5) is 9.03. The minimum absolute atomic E-state index is 0.707. The quantitative estimate of drug-likeness (QED) is 0.793. The molecule has 0 unspecified atom stereocenters. The fourth-order valence-electron chi connectivity index (χ4n) is 2.28. The van der Waals surface area contributed by atoms with E-state index in [0.29, 0.717) is 11.0 Å². The van der Waals surface area contributed by atoms with Crippen LogP contribution in [0.15, 0.2) is 16.5 Å². The van der Waals surface area contributed by atoms with Crippen LogP contribution in [-0.4, -0.2) is 43.1 Å². The Kier molecular flexibility index (Phi) is 2.92. The number of benzene rings is 1. The number of aromatic nitrogens is 1. The zero-order valence-electron chi connectivity index (χ0n) is 10.6. The molecule has 0 bridgehead atoms. The molecule has 3 rings (SSSR count). The van der Waals surface area contributed by atoms with Crippen LogP contribution in [0.25, 0.3) is 11.1 Å². The van der Waals surface area contributed by atoms with Gasteiger partial charge in [-0.25, -0.2) is 0 Å². The number of fused-ring (bicyclic) bond motifs is 1. The summed E-state index contributed by atoms with van der Waals surface area (Å²) >= 11 is 6.04. The highest BCUT2D eigenvalue weighted by atomic mass is 35.5. The highest BCUT2D eigenvalue weighted by molar-refractivity contribution is 6.31. The van der Waals surface area contributed by atoms with Crippen LogP contribution in [0.5, 0.6) is 0 Å². The largest absolute Gasteiger partial charge is 0.423 e. The molecule has 2 aromatic rings. The van der Waals surface area contributed by atoms with Crippen molar-refractivity contribution < 1.29 is 4.42 Å². The monoisotopic (exact) mass is 265 g/mol. The molecule has 0 amide bonds. The SMILES string of the molecule is Cc1cc(Cl)cc2nc(N3CCN(C)CC3)oc12. The molecular formula is C13H16ClN3O. The maximum absolute atomic E-state index is 6.04.